The molecular formula is C15H16ClN. The van der Waals surface area contributed by atoms with E-state index in [0.717, 1.165) is 22.8 Å². The molecule has 2 aliphatic carbocycles. The van der Waals surface area contributed by atoms with E-state index < -0.39 is 0 Å². The standard InChI is InChI=1S/C15H16ClN/c16-11-3-4-15-13(7-11)14(8-17-15)12-6-9-1-2-10(12)5-9/h3-4,7-10,12,17H,1-2,5-6H2. The molecule has 17 heavy (non-hydrogen) atoms. The van der Waals surface area contributed by atoms with Crippen LogP contribution >= 0.6 is 11.6 Å². The van der Waals surface area contributed by atoms with E-state index in [4.69, 9.17) is 11.6 Å². The minimum absolute atomic E-state index is 0.779. The van der Waals surface area contributed by atoms with Gasteiger partial charge >= 0.3 is 0 Å². The molecule has 2 bridgehead atoms. The van der Waals surface area contributed by atoms with Gasteiger partial charge in [-0.1, -0.05) is 18.0 Å². The molecule has 2 aromatic rings. The van der Waals surface area contributed by atoms with Gasteiger partial charge < -0.3 is 4.98 Å². The fraction of sp³-hybridized carbons (Fsp3) is 0.467. The molecule has 2 aliphatic rings. The van der Waals surface area contributed by atoms with Crippen LogP contribution < -0.4 is 0 Å². The third-order valence-corrected chi connectivity index (χ3v) is 5.05. The van der Waals surface area contributed by atoms with Crippen molar-refractivity contribution in [2.75, 3.05) is 0 Å². The van der Waals surface area contributed by atoms with Gasteiger partial charge in [0.2, 0.25) is 0 Å². The molecule has 0 saturated heterocycles. The third kappa shape index (κ3) is 1.45. The molecule has 1 N–H and O–H groups in total. The number of rotatable bonds is 1. The Morgan fingerprint density at radius 1 is 1.18 bits per heavy atom. The predicted molar refractivity (Wildman–Crippen MR) is 71.5 cm³/mol. The van der Waals surface area contributed by atoms with E-state index in [1.807, 2.05) is 6.07 Å². The first-order chi connectivity index (χ1) is 8.31. The highest BCUT2D eigenvalue weighted by atomic mass is 35.5. The molecule has 1 aromatic carbocycles. The molecule has 2 fully saturated rings. The fourth-order valence-electron chi connectivity index (χ4n) is 4.05. The van der Waals surface area contributed by atoms with Crippen molar-refractivity contribution in [1.82, 2.24) is 4.98 Å². The Morgan fingerprint density at radius 3 is 2.88 bits per heavy atom. The predicted octanol–water partition coefficient (Wildman–Crippen LogP) is 4.72. The molecule has 2 heteroatoms. The lowest BCUT2D eigenvalue weighted by molar-refractivity contribution is 0.422. The average Bonchev–Trinajstić information content (AvgIpc) is 3.01. The van der Waals surface area contributed by atoms with Crippen LogP contribution in [0.25, 0.3) is 10.9 Å². The molecule has 1 heterocycles. The SMILES string of the molecule is Clc1ccc2[nH]cc(C3CC4CCC3C4)c2c1. The van der Waals surface area contributed by atoms with Crippen molar-refractivity contribution in [3.8, 4) is 0 Å². The minimum atomic E-state index is 0.779. The van der Waals surface area contributed by atoms with Crippen molar-refractivity contribution in [2.45, 2.75) is 31.6 Å². The van der Waals surface area contributed by atoms with Crippen LogP contribution in [0.1, 0.15) is 37.2 Å². The van der Waals surface area contributed by atoms with Gasteiger partial charge in [-0.2, -0.15) is 0 Å². The van der Waals surface area contributed by atoms with Crippen LogP contribution in [0.4, 0.5) is 0 Å². The van der Waals surface area contributed by atoms with Gasteiger partial charge in [0.1, 0.15) is 0 Å². The molecular weight excluding hydrogens is 230 g/mol. The van der Waals surface area contributed by atoms with Crippen molar-refractivity contribution in [2.24, 2.45) is 11.8 Å². The van der Waals surface area contributed by atoms with Crippen molar-refractivity contribution in [3.63, 3.8) is 0 Å². The Bertz CT molecular complexity index is 571. The Kier molecular flexibility index (Phi) is 2.07. The molecule has 0 spiro atoms. The first-order valence-electron chi connectivity index (χ1n) is 6.58. The number of benzene rings is 1. The van der Waals surface area contributed by atoms with E-state index in [2.05, 4.69) is 23.3 Å². The number of fused-ring (bicyclic) bond motifs is 3. The highest BCUT2D eigenvalue weighted by molar-refractivity contribution is 6.31. The number of aromatic nitrogens is 1. The molecule has 0 aliphatic heterocycles. The van der Waals surface area contributed by atoms with Gasteiger partial charge in [0.15, 0.2) is 0 Å². The highest BCUT2D eigenvalue weighted by Crippen LogP contribution is 2.53. The van der Waals surface area contributed by atoms with Crippen molar-refractivity contribution in [3.05, 3.63) is 35.0 Å². The number of hydrogen-bond donors (Lipinski definition) is 1. The van der Waals surface area contributed by atoms with Gasteiger partial charge in [0, 0.05) is 22.1 Å². The lowest BCUT2D eigenvalue weighted by atomic mass is 9.83. The summed E-state index contributed by atoms with van der Waals surface area (Å²) >= 11 is 6.12. The number of nitrogens with one attached hydrogen (secondary N) is 1. The Balaban J connectivity index is 1.83. The van der Waals surface area contributed by atoms with Crippen molar-refractivity contribution in [1.29, 1.82) is 0 Å². The Morgan fingerprint density at radius 2 is 2.12 bits per heavy atom. The quantitative estimate of drug-likeness (QED) is 0.748. The molecule has 1 nitrogen and oxygen atoms in total. The van der Waals surface area contributed by atoms with Gasteiger partial charge in [-0.15, -0.1) is 0 Å². The smallest absolute Gasteiger partial charge is 0.0457 e. The molecule has 3 atom stereocenters. The molecule has 3 unspecified atom stereocenters. The fourth-order valence-corrected chi connectivity index (χ4v) is 4.22. The summed E-state index contributed by atoms with van der Waals surface area (Å²) in [6.45, 7) is 0. The van der Waals surface area contributed by atoms with Gasteiger partial charge in [0.05, 0.1) is 0 Å². The summed E-state index contributed by atoms with van der Waals surface area (Å²) in [5.74, 6) is 2.70. The molecule has 2 saturated carbocycles. The summed E-state index contributed by atoms with van der Waals surface area (Å²) in [4.78, 5) is 3.39. The summed E-state index contributed by atoms with van der Waals surface area (Å²) in [6, 6.07) is 6.17. The summed E-state index contributed by atoms with van der Waals surface area (Å²) in [5, 5.41) is 2.19. The third-order valence-electron chi connectivity index (χ3n) is 4.81. The zero-order valence-corrected chi connectivity index (χ0v) is 10.5. The maximum absolute atomic E-state index is 6.12. The van der Waals surface area contributed by atoms with E-state index >= 15 is 0 Å². The molecule has 88 valence electrons. The second-order valence-corrected chi connectivity index (χ2v) is 6.15. The highest BCUT2D eigenvalue weighted by Gasteiger charge is 2.40. The van der Waals surface area contributed by atoms with Crippen LogP contribution in [0, 0.1) is 11.8 Å². The van der Waals surface area contributed by atoms with Crippen LogP contribution in [-0.2, 0) is 0 Å². The van der Waals surface area contributed by atoms with Crippen LogP contribution in [0.5, 0.6) is 0 Å². The van der Waals surface area contributed by atoms with Crippen LogP contribution in [0.15, 0.2) is 24.4 Å². The maximum Gasteiger partial charge on any atom is 0.0457 e. The van der Waals surface area contributed by atoms with Crippen LogP contribution in [-0.4, -0.2) is 4.98 Å². The molecule has 0 amide bonds. The topological polar surface area (TPSA) is 15.8 Å². The average molecular weight is 246 g/mol. The van der Waals surface area contributed by atoms with Crippen molar-refractivity contribution >= 4 is 22.5 Å². The maximum atomic E-state index is 6.12. The van der Waals surface area contributed by atoms with E-state index in [0.29, 0.717) is 0 Å². The number of halogens is 1. The normalized spacial score (nSPS) is 31.5. The lowest BCUT2D eigenvalue weighted by Crippen LogP contribution is -2.07. The molecule has 1 aromatic heterocycles. The molecule has 0 radical (unpaired) electrons. The van der Waals surface area contributed by atoms with Gasteiger partial charge in [-0.05, 0) is 60.8 Å². The van der Waals surface area contributed by atoms with Gasteiger partial charge in [-0.25, -0.2) is 0 Å². The van der Waals surface area contributed by atoms with Crippen LogP contribution in [0.2, 0.25) is 5.02 Å². The minimum Gasteiger partial charge on any atom is -0.361 e. The van der Waals surface area contributed by atoms with E-state index in [1.165, 1.54) is 42.1 Å². The largest absolute Gasteiger partial charge is 0.361 e. The molecule has 4 rings (SSSR count). The van der Waals surface area contributed by atoms with Gasteiger partial charge in [-0.3, -0.25) is 0 Å². The monoisotopic (exact) mass is 245 g/mol. The van der Waals surface area contributed by atoms with E-state index in [-0.39, 0.29) is 0 Å². The zero-order chi connectivity index (χ0) is 11.4. The summed E-state index contributed by atoms with van der Waals surface area (Å²) in [6.07, 6.45) is 7.96. The van der Waals surface area contributed by atoms with Crippen molar-refractivity contribution < 1.29 is 0 Å². The summed E-state index contributed by atoms with van der Waals surface area (Å²) < 4.78 is 0. The number of H-pyrrole nitrogens is 1. The Hall–Kier alpha value is -0.950. The lowest BCUT2D eigenvalue weighted by Gasteiger charge is -2.21. The number of aromatic amines is 1. The first kappa shape index (κ1) is 10.0. The van der Waals surface area contributed by atoms with Crippen LogP contribution in [0.3, 0.4) is 0 Å². The second-order valence-electron chi connectivity index (χ2n) is 5.72. The zero-order valence-electron chi connectivity index (χ0n) is 9.75. The number of hydrogen-bond acceptors (Lipinski definition) is 0. The second kappa shape index (κ2) is 3.52. The van der Waals surface area contributed by atoms with E-state index in [1.54, 1.807) is 0 Å². The van der Waals surface area contributed by atoms with E-state index in [9.17, 15) is 0 Å². The Labute approximate surface area is 106 Å². The summed E-state index contributed by atoms with van der Waals surface area (Å²) in [5.41, 5.74) is 2.74. The first-order valence-corrected chi connectivity index (χ1v) is 6.95. The van der Waals surface area contributed by atoms with Gasteiger partial charge in [0.25, 0.3) is 0 Å². The summed E-state index contributed by atoms with van der Waals surface area (Å²) in [7, 11) is 0.